The molecule has 0 saturated carbocycles. The minimum absolute atomic E-state index is 0.0762. The van der Waals surface area contributed by atoms with Crippen LogP contribution in [0.1, 0.15) is 63.0 Å². The molecule has 1 aromatic rings. The highest BCUT2D eigenvalue weighted by molar-refractivity contribution is 5.92. The maximum Gasteiger partial charge on any atom is 0.416 e. The third kappa shape index (κ3) is 5.47. The number of alkyl halides is 6. The molecule has 0 amide bonds. The number of carboxylic acid groups (broad SMARTS) is 1. The van der Waals surface area contributed by atoms with Gasteiger partial charge in [-0.1, -0.05) is 19.4 Å². The van der Waals surface area contributed by atoms with Gasteiger partial charge in [0.05, 0.1) is 29.0 Å². The number of halogens is 7. The number of hydrogen-bond donors (Lipinski definition) is 1. The number of carboxylic acids is 1. The lowest BCUT2D eigenvalue weighted by Gasteiger charge is -2.47. The molecule has 0 aliphatic carbocycles. The van der Waals surface area contributed by atoms with Crippen molar-refractivity contribution in [2.75, 3.05) is 0 Å². The van der Waals surface area contributed by atoms with Gasteiger partial charge in [-0.3, -0.25) is 9.79 Å². The van der Waals surface area contributed by atoms with Gasteiger partial charge in [-0.2, -0.15) is 31.6 Å². The van der Waals surface area contributed by atoms with Crippen LogP contribution in [-0.4, -0.2) is 29.0 Å². The molecule has 0 radical (unpaired) electrons. The smallest absolute Gasteiger partial charge is 0.416 e. The summed E-state index contributed by atoms with van der Waals surface area (Å²) in [6.45, 7) is 3.05. The fourth-order valence-electron chi connectivity index (χ4n) is 4.74. The highest BCUT2D eigenvalue weighted by Crippen LogP contribution is 2.55. The van der Waals surface area contributed by atoms with Crippen molar-refractivity contribution in [3.05, 3.63) is 35.1 Å². The number of nitriles is 1. The Morgan fingerprint density at radius 3 is 2.36 bits per heavy atom. The van der Waals surface area contributed by atoms with Crippen molar-refractivity contribution in [2.45, 2.75) is 70.3 Å². The third-order valence-corrected chi connectivity index (χ3v) is 6.10. The van der Waals surface area contributed by atoms with Crippen molar-refractivity contribution in [2.24, 2.45) is 16.3 Å². The van der Waals surface area contributed by atoms with Gasteiger partial charge in [-0.25, -0.2) is 4.39 Å². The first kappa shape index (κ1) is 26.6. The molecule has 11 heteroatoms. The Bertz CT molecular complexity index is 950. The number of rotatable bonds is 7. The number of benzene rings is 1. The molecule has 0 bridgehead atoms. The summed E-state index contributed by atoms with van der Waals surface area (Å²) < 4.78 is 93.8. The second-order valence-electron chi connectivity index (χ2n) is 8.20. The largest absolute Gasteiger partial charge is 0.481 e. The summed E-state index contributed by atoms with van der Waals surface area (Å²) in [5, 5.41) is 20.0. The fourth-order valence-corrected chi connectivity index (χ4v) is 4.74. The monoisotopic (exact) mass is 480 g/mol. The van der Waals surface area contributed by atoms with Crippen LogP contribution in [0.4, 0.5) is 30.7 Å². The lowest BCUT2D eigenvalue weighted by Crippen LogP contribution is -2.53. The van der Waals surface area contributed by atoms with Crippen LogP contribution in [0.2, 0.25) is 0 Å². The molecular weight excluding hydrogens is 457 g/mol. The molecule has 1 heterocycles. The van der Waals surface area contributed by atoms with Gasteiger partial charge in [0.1, 0.15) is 5.82 Å². The summed E-state index contributed by atoms with van der Waals surface area (Å²) in [6.07, 6.45) is -11.9. The van der Waals surface area contributed by atoms with E-state index in [0.717, 1.165) is 12.1 Å². The molecule has 4 atom stereocenters. The first-order valence-electron chi connectivity index (χ1n) is 10.3. The number of aliphatic imine (C=N–C) groups is 1. The second kappa shape index (κ2) is 9.69. The maximum atomic E-state index is 13.8. The van der Waals surface area contributed by atoms with Crippen molar-refractivity contribution in [1.29, 1.82) is 5.26 Å². The Labute approximate surface area is 186 Å². The van der Waals surface area contributed by atoms with E-state index in [2.05, 4.69) is 4.99 Å². The Kier molecular flexibility index (Phi) is 7.82. The van der Waals surface area contributed by atoms with Crippen LogP contribution in [0.25, 0.3) is 0 Å². The van der Waals surface area contributed by atoms with E-state index >= 15 is 0 Å². The SMILES string of the molecule is CCCC1N=C(C)C(C#N)C(c2ccc(F)cc2C(F)(F)F)C1(CCCC(F)(F)F)C(=O)O. The summed E-state index contributed by atoms with van der Waals surface area (Å²) in [6, 6.07) is 2.34. The van der Waals surface area contributed by atoms with Gasteiger partial charge >= 0.3 is 18.3 Å². The van der Waals surface area contributed by atoms with E-state index in [0.29, 0.717) is 6.42 Å². The highest BCUT2D eigenvalue weighted by atomic mass is 19.4. The molecule has 0 aromatic heterocycles. The summed E-state index contributed by atoms with van der Waals surface area (Å²) in [5.74, 6) is -5.99. The number of nitrogens with zero attached hydrogens (tertiary/aromatic N) is 2. The number of carbonyl (C=O) groups is 1. The Morgan fingerprint density at radius 1 is 1.24 bits per heavy atom. The zero-order valence-corrected chi connectivity index (χ0v) is 17.9. The lowest BCUT2D eigenvalue weighted by atomic mass is 9.57. The van der Waals surface area contributed by atoms with Crippen molar-refractivity contribution in [1.82, 2.24) is 0 Å². The normalized spacial score (nSPS) is 25.9. The van der Waals surface area contributed by atoms with E-state index in [-0.39, 0.29) is 18.2 Å². The van der Waals surface area contributed by atoms with E-state index in [4.69, 9.17) is 0 Å². The molecule has 2 rings (SSSR count). The minimum atomic E-state index is -5.09. The van der Waals surface area contributed by atoms with Gasteiger partial charge < -0.3 is 5.11 Å². The molecular formula is C22H23F7N2O2. The first-order chi connectivity index (χ1) is 15.2. The van der Waals surface area contributed by atoms with Gasteiger partial charge in [0.15, 0.2) is 0 Å². The molecule has 1 aromatic carbocycles. The summed E-state index contributed by atoms with van der Waals surface area (Å²) in [4.78, 5) is 17.0. The summed E-state index contributed by atoms with van der Waals surface area (Å²) in [5.41, 5.74) is -4.23. The van der Waals surface area contributed by atoms with Gasteiger partial charge in [0.2, 0.25) is 0 Å². The van der Waals surface area contributed by atoms with Crippen LogP contribution in [0.15, 0.2) is 23.2 Å². The second-order valence-corrected chi connectivity index (χ2v) is 8.20. The van der Waals surface area contributed by atoms with Crippen LogP contribution >= 0.6 is 0 Å². The predicted molar refractivity (Wildman–Crippen MR) is 105 cm³/mol. The maximum absolute atomic E-state index is 13.8. The molecule has 182 valence electrons. The molecule has 33 heavy (non-hydrogen) atoms. The number of hydrogen-bond acceptors (Lipinski definition) is 3. The quantitative estimate of drug-likeness (QED) is 0.452. The molecule has 0 fully saturated rings. The van der Waals surface area contributed by atoms with Crippen LogP contribution in [0.5, 0.6) is 0 Å². The van der Waals surface area contributed by atoms with E-state index in [1.165, 1.54) is 6.92 Å². The average Bonchev–Trinajstić information content (AvgIpc) is 2.67. The molecule has 1 N–H and O–H groups in total. The van der Waals surface area contributed by atoms with Gasteiger partial charge in [-0.15, -0.1) is 0 Å². The summed E-state index contributed by atoms with van der Waals surface area (Å²) >= 11 is 0. The molecule has 1 aliphatic rings. The van der Waals surface area contributed by atoms with Crippen LogP contribution in [0, 0.1) is 28.5 Å². The third-order valence-electron chi connectivity index (χ3n) is 6.10. The van der Waals surface area contributed by atoms with Crippen molar-refractivity contribution < 1.29 is 40.6 Å². The zero-order chi connectivity index (χ0) is 25.2. The minimum Gasteiger partial charge on any atom is -0.481 e. The fraction of sp³-hybridized carbons (Fsp3) is 0.591. The molecule has 4 nitrogen and oxygen atoms in total. The van der Waals surface area contributed by atoms with Gasteiger partial charge in [0.25, 0.3) is 0 Å². The van der Waals surface area contributed by atoms with E-state index in [1.807, 2.05) is 0 Å². The predicted octanol–water partition coefficient (Wildman–Crippen LogP) is 6.51. The number of aliphatic carboxylic acids is 1. The molecule has 4 unspecified atom stereocenters. The zero-order valence-electron chi connectivity index (χ0n) is 17.9. The van der Waals surface area contributed by atoms with Crippen LogP contribution in [0.3, 0.4) is 0 Å². The van der Waals surface area contributed by atoms with Crippen molar-refractivity contribution in [3.63, 3.8) is 0 Å². The lowest BCUT2D eigenvalue weighted by molar-refractivity contribution is -0.158. The van der Waals surface area contributed by atoms with E-state index in [9.17, 15) is 45.9 Å². The highest BCUT2D eigenvalue weighted by Gasteiger charge is 2.59. The van der Waals surface area contributed by atoms with Crippen LogP contribution in [-0.2, 0) is 11.0 Å². The molecule has 0 spiro atoms. The summed E-state index contributed by atoms with van der Waals surface area (Å²) in [7, 11) is 0. The Morgan fingerprint density at radius 2 is 1.88 bits per heavy atom. The van der Waals surface area contributed by atoms with Gasteiger partial charge in [0, 0.05) is 18.1 Å². The van der Waals surface area contributed by atoms with Gasteiger partial charge in [-0.05, 0) is 43.9 Å². The molecule has 0 saturated heterocycles. The van der Waals surface area contributed by atoms with E-state index in [1.54, 1.807) is 13.0 Å². The van der Waals surface area contributed by atoms with Crippen molar-refractivity contribution in [3.8, 4) is 6.07 Å². The van der Waals surface area contributed by atoms with Crippen LogP contribution < -0.4 is 0 Å². The molecule has 1 aliphatic heterocycles. The first-order valence-corrected chi connectivity index (χ1v) is 10.3. The standard InChI is InChI=1S/C22H23F7N2O2/c1-3-5-17-20(19(32)33,8-4-9-21(24,25)26)18(15(11-30)12(2)31-17)14-7-6-13(23)10-16(14)22(27,28)29/h6-7,10,15,17-18H,3-5,8-9H2,1-2H3,(H,32,33). The van der Waals surface area contributed by atoms with Crippen molar-refractivity contribution >= 4 is 11.7 Å². The van der Waals surface area contributed by atoms with E-state index < -0.39 is 77.8 Å². The topological polar surface area (TPSA) is 73.5 Å². The Hall–Kier alpha value is -2.64. The average molecular weight is 480 g/mol. The Balaban J connectivity index is 2.85.